The Labute approximate surface area is 50.9 Å². The Morgan fingerprint density at radius 2 is 1.40 bits per heavy atom. The molecule has 4 heteroatoms. The van der Waals surface area contributed by atoms with Crippen molar-refractivity contribution >= 4 is 35.7 Å². The molecule has 1 radical (unpaired) electrons. The van der Waals surface area contributed by atoms with E-state index in [0.29, 0.717) is 0 Å². The Balaban J connectivity index is 0. The summed E-state index contributed by atoms with van der Waals surface area (Å²) >= 11 is 0. The minimum absolute atomic E-state index is 0. The first-order chi connectivity index (χ1) is 1.73. The van der Waals surface area contributed by atoms with Gasteiger partial charge in [-0.1, -0.05) is 0 Å². The van der Waals surface area contributed by atoms with Crippen molar-refractivity contribution in [3.8, 4) is 0 Å². The fourth-order valence-electron chi connectivity index (χ4n) is 0. The normalized spacial score (nSPS) is 4.80. The Hall–Kier alpha value is 0.270. The summed E-state index contributed by atoms with van der Waals surface area (Å²) in [5.74, 6) is 0. The molecule has 25 valence electrons. The van der Waals surface area contributed by atoms with Gasteiger partial charge in [-0.2, -0.15) is 0 Å². The largest absolute Gasteiger partial charge is 0.503 e. The number of carboxylic acid groups (broad SMARTS) is 2. The van der Waals surface area contributed by atoms with Gasteiger partial charge in [0.15, 0.2) is 0 Å². The Kier molecular flexibility index (Phi) is 7.67. The summed E-state index contributed by atoms with van der Waals surface area (Å²) in [5.41, 5.74) is 0. The van der Waals surface area contributed by atoms with E-state index in [0.717, 1.165) is 0 Å². The van der Waals surface area contributed by atoms with Gasteiger partial charge < -0.3 is 10.2 Å². The molecule has 0 saturated carbocycles. The van der Waals surface area contributed by atoms with Gasteiger partial charge in [0, 0.05) is 29.6 Å². The van der Waals surface area contributed by atoms with Gasteiger partial charge in [0.2, 0.25) is 0 Å². The predicted molar refractivity (Wildman–Crippen MR) is 16.4 cm³/mol. The monoisotopic (exact) mass is 87.0 g/mol. The first-order valence-corrected chi connectivity index (χ1v) is 0.651. The molecule has 3 nitrogen and oxygen atoms in total. The molecule has 0 heterocycles. The van der Waals surface area contributed by atoms with Crippen LogP contribution in [0, 0.1) is 0 Å². The molecule has 0 aromatic carbocycles. The second-order valence-corrected chi connectivity index (χ2v) is 0.283. The summed E-state index contributed by atoms with van der Waals surface area (Å²) in [7, 11) is 0. The van der Waals surface area contributed by atoms with Gasteiger partial charge in [0.05, 0.1) is 0 Å². The van der Waals surface area contributed by atoms with E-state index in [1.54, 1.807) is 0 Å². The van der Waals surface area contributed by atoms with Gasteiger partial charge in [-0.15, -0.1) is 0 Å². The number of hydrogen-bond donors (Lipinski definition) is 2. The van der Waals surface area contributed by atoms with Crippen molar-refractivity contribution < 1.29 is 15.0 Å². The third-order valence-corrected chi connectivity index (χ3v) is 0. The molecule has 0 aliphatic carbocycles. The van der Waals surface area contributed by atoms with E-state index in [4.69, 9.17) is 15.0 Å². The van der Waals surface area contributed by atoms with Gasteiger partial charge in [-0.25, -0.2) is 4.79 Å². The molecule has 0 aromatic heterocycles. The molecule has 0 amide bonds. The molecule has 0 fully saturated rings. The summed E-state index contributed by atoms with van der Waals surface area (Å²) in [6, 6.07) is 0. The van der Waals surface area contributed by atoms with E-state index in [9.17, 15) is 0 Å². The van der Waals surface area contributed by atoms with Crippen molar-refractivity contribution in [3.05, 3.63) is 0 Å². The fraction of sp³-hybridized carbons (Fsp3) is 0. The minimum atomic E-state index is -1.83. The minimum Gasteiger partial charge on any atom is -0.450 e. The van der Waals surface area contributed by atoms with Crippen LogP contribution in [0.5, 0.6) is 0 Å². The Bertz CT molecular complexity index is 29.9. The molecule has 0 saturated heterocycles. The van der Waals surface area contributed by atoms with Crippen LogP contribution in [0.3, 0.4) is 0 Å². The third kappa shape index (κ3) is 302. The molecule has 0 aromatic rings. The topological polar surface area (TPSA) is 57.5 Å². The molecule has 2 N–H and O–H groups in total. The Morgan fingerprint density at radius 1 is 1.40 bits per heavy atom. The van der Waals surface area contributed by atoms with E-state index in [2.05, 4.69) is 0 Å². The fourth-order valence-corrected chi connectivity index (χ4v) is 0. The average Bonchev–Trinajstić information content (AvgIpc) is 0.811. The summed E-state index contributed by atoms with van der Waals surface area (Å²) in [6.45, 7) is 0. The van der Waals surface area contributed by atoms with Crippen LogP contribution in [0.25, 0.3) is 0 Å². The first-order valence-electron chi connectivity index (χ1n) is 0.651. The van der Waals surface area contributed by atoms with Crippen LogP contribution in [-0.4, -0.2) is 45.9 Å². The van der Waals surface area contributed by atoms with Gasteiger partial charge >= 0.3 is 6.16 Å². The SMILES string of the molecule is O=[14C](O)O.[Na]. The third-order valence-electron chi connectivity index (χ3n) is 0. The van der Waals surface area contributed by atoms with E-state index in [1.807, 2.05) is 0 Å². The molecule has 5 heavy (non-hydrogen) atoms. The zero-order valence-electron chi connectivity index (χ0n) is 2.80. The van der Waals surface area contributed by atoms with E-state index < -0.39 is 6.16 Å². The molecule has 0 spiro atoms. The van der Waals surface area contributed by atoms with Gasteiger partial charge in [0.25, 0.3) is 0 Å². The summed E-state index contributed by atoms with van der Waals surface area (Å²) in [5, 5.41) is 13.9. The summed E-state index contributed by atoms with van der Waals surface area (Å²) < 4.78 is 0. The van der Waals surface area contributed by atoms with Crippen LogP contribution in [0.15, 0.2) is 0 Å². The van der Waals surface area contributed by atoms with Crippen molar-refractivity contribution in [1.82, 2.24) is 0 Å². The number of rotatable bonds is 0. The molecule has 0 atom stereocenters. The van der Waals surface area contributed by atoms with E-state index >= 15 is 0 Å². The van der Waals surface area contributed by atoms with Crippen LogP contribution in [0.1, 0.15) is 0 Å². The number of carbonyl (C=O) groups is 1. The predicted octanol–water partition coefficient (Wildman–Crippen LogP) is -0.158. The quantitative estimate of drug-likeness (QED) is 0.403. The van der Waals surface area contributed by atoms with Crippen LogP contribution in [-0.2, 0) is 0 Å². The van der Waals surface area contributed by atoms with Crippen LogP contribution < -0.4 is 0 Å². The van der Waals surface area contributed by atoms with E-state index in [1.165, 1.54) is 0 Å². The van der Waals surface area contributed by atoms with E-state index in [-0.39, 0.29) is 29.6 Å². The second kappa shape index (κ2) is 4.27. The zero-order chi connectivity index (χ0) is 3.58. The van der Waals surface area contributed by atoms with Gasteiger partial charge in [0.1, 0.15) is 0 Å². The second-order valence-electron chi connectivity index (χ2n) is 0.283. The molecular formula is CH2NaO3. The maximum atomic E-state index is 8.56. The van der Waals surface area contributed by atoms with Crippen molar-refractivity contribution in [1.29, 1.82) is 0 Å². The maximum absolute atomic E-state index is 8.56. The molecule has 0 unspecified atom stereocenters. The standard InChI is InChI=1S/CH2O3.Na/c2-1(3)4;/h(H2,2,3,4);/i1+2;. The molecule has 0 aliphatic heterocycles. The zero-order valence-corrected chi connectivity index (χ0v) is 4.80. The van der Waals surface area contributed by atoms with Crippen molar-refractivity contribution in [2.45, 2.75) is 0 Å². The van der Waals surface area contributed by atoms with Gasteiger partial charge in [-0.3, -0.25) is 0 Å². The molecule has 0 bridgehead atoms. The molecule has 0 rings (SSSR count). The maximum Gasteiger partial charge on any atom is 0.503 e. The van der Waals surface area contributed by atoms with Gasteiger partial charge in [-0.05, 0) is 0 Å². The summed E-state index contributed by atoms with van der Waals surface area (Å²) in [4.78, 5) is 8.56. The van der Waals surface area contributed by atoms with Crippen molar-refractivity contribution in [2.75, 3.05) is 0 Å². The first kappa shape index (κ1) is 8.99. The van der Waals surface area contributed by atoms with Crippen LogP contribution in [0.2, 0.25) is 0 Å². The average molecular weight is 87.0 g/mol. The molecular weight excluding hydrogens is 85.0 g/mol. The van der Waals surface area contributed by atoms with Crippen LogP contribution >= 0.6 is 0 Å². The van der Waals surface area contributed by atoms with Crippen LogP contribution in [0.4, 0.5) is 4.79 Å². The molecule has 0 aliphatic rings. The Morgan fingerprint density at radius 3 is 1.40 bits per heavy atom. The van der Waals surface area contributed by atoms with Crippen molar-refractivity contribution in [3.63, 3.8) is 0 Å². The summed E-state index contributed by atoms with van der Waals surface area (Å²) in [6.07, 6.45) is -1.83. The smallest absolute Gasteiger partial charge is 0.450 e. The number of hydrogen-bond acceptors (Lipinski definition) is 1. The van der Waals surface area contributed by atoms with Crippen molar-refractivity contribution in [2.24, 2.45) is 0 Å².